The summed E-state index contributed by atoms with van der Waals surface area (Å²) in [4.78, 5) is 13.0. The fraction of sp³-hybridized carbons (Fsp3) is 0.345. The van der Waals surface area contributed by atoms with E-state index in [0.717, 1.165) is 18.6 Å². The zero-order chi connectivity index (χ0) is 26.8. The lowest BCUT2D eigenvalue weighted by Gasteiger charge is -2.28. The van der Waals surface area contributed by atoms with Crippen LogP contribution in [0.2, 0.25) is 5.02 Å². The van der Waals surface area contributed by atoms with Crippen molar-refractivity contribution in [1.29, 1.82) is 0 Å². The molecule has 0 bridgehead atoms. The summed E-state index contributed by atoms with van der Waals surface area (Å²) in [5, 5.41) is 8.69. The molecule has 0 aliphatic heterocycles. The zero-order valence-corrected chi connectivity index (χ0v) is 21.4. The molecule has 1 atom stereocenters. The van der Waals surface area contributed by atoms with E-state index in [0.29, 0.717) is 49.4 Å². The molecule has 0 saturated heterocycles. The van der Waals surface area contributed by atoms with Crippen LogP contribution in [-0.4, -0.2) is 35.7 Å². The third kappa shape index (κ3) is 8.79. The molecular weight excluding hydrogens is 503 g/mol. The molecule has 2 aromatic carbocycles. The summed E-state index contributed by atoms with van der Waals surface area (Å²) in [5.74, 6) is -0.213. The number of aliphatic carboxylic acids is 1. The van der Waals surface area contributed by atoms with E-state index in [1.807, 2.05) is 30.4 Å². The highest BCUT2D eigenvalue weighted by Gasteiger charge is 2.34. The summed E-state index contributed by atoms with van der Waals surface area (Å²) in [6, 6.07) is 14.1. The molecule has 0 radical (unpaired) electrons. The second-order valence-corrected chi connectivity index (χ2v) is 9.32. The average Bonchev–Trinajstić information content (AvgIpc) is 2.85. The summed E-state index contributed by atoms with van der Waals surface area (Å²) in [5.41, 5.74) is 1.43. The van der Waals surface area contributed by atoms with Gasteiger partial charge in [0.25, 0.3) is 0 Å². The molecule has 198 valence electrons. The number of carboxylic acid groups (broad SMARTS) is 1. The van der Waals surface area contributed by atoms with E-state index in [1.54, 1.807) is 12.1 Å². The predicted molar refractivity (Wildman–Crippen MR) is 139 cm³/mol. The quantitative estimate of drug-likeness (QED) is 0.225. The predicted octanol–water partition coefficient (Wildman–Crippen LogP) is 7.62. The smallest absolute Gasteiger partial charge is 0.417 e. The number of hydrogen-bond acceptors (Lipinski definition) is 3. The molecule has 0 amide bonds. The van der Waals surface area contributed by atoms with Gasteiger partial charge in [0.05, 0.1) is 17.2 Å². The van der Waals surface area contributed by atoms with Gasteiger partial charge in [-0.05, 0) is 60.1 Å². The van der Waals surface area contributed by atoms with Crippen molar-refractivity contribution in [3.63, 3.8) is 0 Å². The number of halogens is 4. The number of nitrogens with zero attached hydrogens (tertiary/aromatic N) is 1. The van der Waals surface area contributed by atoms with E-state index in [-0.39, 0.29) is 17.5 Å². The van der Waals surface area contributed by atoms with Gasteiger partial charge < -0.3 is 9.84 Å². The standard InChI is InChI=1S/C29H31ClF3NO3/c1-2-22(23-10-4-3-5-11-23)19-34(20-24-12-7-14-26(28(24)30)29(31,32)33)15-8-16-37-25-13-6-9-21(17-25)18-27(35)36/h3-7,10-14,17-18,22H,2,8-9,15-16,19-20H2,1H3,(H,35,36)/t22-/m1/s1. The molecule has 0 unspecified atom stereocenters. The van der Waals surface area contributed by atoms with Crippen molar-refractivity contribution in [3.05, 3.63) is 106 Å². The third-order valence-corrected chi connectivity index (χ3v) is 6.63. The summed E-state index contributed by atoms with van der Waals surface area (Å²) >= 11 is 6.20. The van der Waals surface area contributed by atoms with Crippen molar-refractivity contribution in [2.45, 2.75) is 44.8 Å². The van der Waals surface area contributed by atoms with E-state index in [4.69, 9.17) is 21.4 Å². The lowest BCUT2D eigenvalue weighted by molar-refractivity contribution is -0.137. The minimum absolute atomic E-state index is 0.208. The highest BCUT2D eigenvalue weighted by Crippen LogP contribution is 2.36. The molecule has 3 rings (SSSR count). The van der Waals surface area contributed by atoms with Gasteiger partial charge in [0.2, 0.25) is 0 Å². The monoisotopic (exact) mass is 533 g/mol. The maximum Gasteiger partial charge on any atom is 0.417 e. The van der Waals surface area contributed by atoms with Crippen LogP contribution in [-0.2, 0) is 22.3 Å². The van der Waals surface area contributed by atoms with Crippen LogP contribution in [0.3, 0.4) is 0 Å². The van der Waals surface area contributed by atoms with E-state index >= 15 is 0 Å². The van der Waals surface area contributed by atoms with Gasteiger partial charge in [-0.2, -0.15) is 13.2 Å². The minimum atomic E-state index is -4.52. The largest absolute Gasteiger partial charge is 0.494 e. The number of rotatable bonds is 12. The Balaban J connectivity index is 1.71. The molecule has 0 spiro atoms. The summed E-state index contributed by atoms with van der Waals surface area (Å²) in [7, 11) is 0. The normalized spacial score (nSPS) is 15.6. The van der Waals surface area contributed by atoms with Gasteiger partial charge in [-0.3, -0.25) is 4.90 Å². The van der Waals surface area contributed by atoms with Crippen LogP contribution in [0.25, 0.3) is 0 Å². The minimum Gasteiger partial charge on any atom is -0.494 e. The van der Waals surface area contributed by atoms with Gasteiger partial charge >= 0.3 is 12.1 Å². The highest BCUT2D eigenvalue weighted by molar-refractivity contribution is 6.32. The Morgan fingerprint density at radius 3 is 2.62 bits per heavy atom. The molecule has 0 aromatic heterocycles. The Hall–Kier alpha value is -3.03. The Labute approximate surface area is 220 Å². The maximum absolute atomic E-state index is 13.4. The molecule has 2 aromatic rings. The van der Waals surface area contributed by atoms with Crippen molar-refractivity contribution in [2.24, 2.45) is 0 Å². The molecule has 1 aliphatic rings. The van der Waals surface area contributed by atoms with Crippen LogP contribution in [0.15, 0.2) is 84.2 Å². The van der Waals surface area contributed by atoms with Crippen molar-refractivity contribution in [3.8, 4) is 0 Å². The number of ether oxygens (including phenoxy) is 1. The van der Waals surface area contributed by atoms with Crippen molar-refractivity contribution < 1.29 is 27.8 Å². The van der Waals surface area contributed by atoms with E-state index in [9.17, 15) is 18.0 Å². The first-order chi connectivity index (χ1) is 17.7. The number of benzene rings is 2. The van der Waals surface area contributed by atoms with E-state index < -0.39 is 17.7 Å². The topological polar surface area (TPSA) is 49.8 Å². The summed E-state index contributed by atoms with van der Waals surface area (Å²) in [6.45, 7) is 4.00. The van der Waals surface area contributed by atoms with Crippen molar-refractivity contribution in [2.75, 3.05) is 19.7 Å². The number of allylic oxidation sites excluding steroid dienone is 4. The van der Waals surface area contributed by atoms with Gasteiger partial charge in [0, 0.05) is 25.7 Å². The number of carbonyl (C=O) groups is 1. The molecule has 37 heavy (non-hydrogen) atoms. The fourth-order valence-corrected chi connectivity index (χ4v) is 4.62. The number of alkyl halides is 3. The molecule has 1 aliphatic carbocycles. The molecule has 8 heteroatoms. The molecule has 0 fully saturated rings. The second kappa shape index (κ2) is 13.5. The fourth-order valence-electron chi connectivity index (χ4n) is 4.33. The van der Waals surface area contributed by atoms with Gasteiger partial charge in [0.15, 0.2) is 0 Å². The van der Waals surface area contributed by atoms with Crippen molar-refractivity contribution in [1.82, 2.24) is 4.90 Å². The van der Waals surface area contributed by atoms with Crippen LogP contribution >= 0.6 is 11.6 Å². The van der Waals surface area contributed by atoms with Gasteiger partial charge in [-0.15, -0.1) is 0 Å². The molecular formula is C29H31ClF3NO3. The number of hydrogen-bond donors (Lipinski definition) is 1. The Bertz CT molecular complexity index is 1140. The average molecular weight is 534 g/mol. The van der Waals surface area contributed by atoms with Gasteiger partial charge in [-0.25, -0.2) is 4.79 Å². The SMILES string of the molecule is CC[C@H](CN(CCCOC1=CC(=CC(=O)O)CC=C1)Cc1cccc(C(F)(F)F)c1Cl)c1ccccc1. The van der Waals surface area contributed by atoms with Crippen LogP contribution in [0, 0.1) is 0 Å². The second-order valence-electron chi connectivity index (χ2n) is 8.94. The molecule has 0 heterocycles. The summed E-state index contributed by atoms with van der Waals surface area (Å²) in [6.07, 6.45) is 4.03. The maximum atomic E-state index is 13.4. The first kappa shape index (κ1) is 28.5. The van der Waals surface area contributed by atoms with Gasteiger partial charge in [-0.1, -0.05) is 67.1 Å². The Morgan fingerprint density at radius 2 is 1.95 bits per heavy atom. The highest BCUT2D eigenvalue weighted by atomic mass is 35.5. The lowest BCUT2D eigenvalue weighted by atomic mass is 9.95. The zero-order valence-electron chi connectivity index (χ0n) is 20.7. The Kier molecular flexibility index (Phi) is 10.4. The number of carboxylic acids is 1. The first-order valence-corrected chi connectivity index (χ1v) is 12.6. The Morgan fingerprint density at radius 1 is 1.19 bits per heavy atom. The van der Waals surface area contributed by atoms with E-state index in [2.05, 4.69) is 24.0 Å². The first-order valence-electron chi connectivity index (χ1n) is 12.2. The van der Waals surface area contributed by atoms with Crippen LogP contribution in [0.1, 0.15) is 48.8 Å². The lowest BCUT2D eigenvalue weighted by Crippen LogP contribution is -2.30. The van der Waals surface area contributed by atoms with Crippen LogP contribution in [0.5, 0.6) is 0 Å². The van der Waals surface area contributed by atoms with Crippen molar-refractivity contribution >= 4 is 17.6 Å². The summed E-state index contributed by atoms with van der Waals surface area (Å²) < 4.78 is 46.1. The molecule has 4 nitrogen and oxygen atoms in total. The van der Waals surface area contributed by atoms with Crippen LogP contribution < -0.4 is 0 Å². The third-order valence-electron chi connectivity index (χ3n) is 6.18. The molecule has 0 saturated carbocycles. The van der Waals surface area contributed by atoms with E-state index in [1.165, 1.54) is 11.6 Å². The van der Waals surface area contributed by atoms with Crippen LogP contribution in [0.4, 0.5) is 13.2 Å². The molecule has 1 N–H and O–H groups in total. The van der Waals surface area contributed by atoms with Gasteiger partial charge in [0.1, 0.15) is 5.76 Å².